The second-order valence-electron chi connectivity index (χ2n) is 4.98. The van der Waals surface area contributed by atoms with Crippen molar-refractivity contribution in [1.82, 2.24) is 4.98 Å². The first kappa shape index (κ1) is 16.2. The molecule has 10 heteroatoms. The molecule has 0 saturated heterocycles. The van der Waals surface area contributed by atoms with Crippen LogP contribution in [0.5, 0.6) is 11.5 Å². The quantitative estimate of drug-likeness (QED) is 0.635. The largest absolute Gasteiger partial charge is 0.490 e. The van der Waals surface area contributed by atoms with Crippen LogP contribution in [0.3, 0.4) is 0 Å². The molecule has 1 aromatic carbocycles. The number of nitro benzene ring substituents is 1. The van der Waals surface area contributed by atoms with Gasteiger partial charge in [0.05, 0.1) is 12.0 Å². The number of nitrogens with zero attached hydrogens (tertiary/aromatic N) is 2. The van der Waals surface area contributed by atoms with Crippen LogP contribution in [0.25, 0.3) is 0 Å². The highest BCUT2D eigenvalue weighted by Crippen LogP contribution is 2.29. The van der Waals surface area contributed by atoms with E-state index in [4.69, 9.17) is 9.47 Å². The van der Waals surface area contributed by atoms with Gasteiger partial charge in [0.1, 0.15) is 5.82 Å². The van der Waals surface area contributed by atoms with Gasteiger partial charge in [0.15, 0.2) is 23.9 Å². The Morgan fingerprint density at radius 2 is 2.20 bits per heavy atom. The molecule has 3 rings (SSSR count). The van der Waals surface area contributed by atoms with Crippen molar-refractivity contribution in [1.29, 1.82) is 0 Å². The normalized spacial score (nSPS) is 12.4. The number of pyridine rings is 1. The molecule has 0 bridgehead atoms. The number of fused-ring (bicyclic) bond motifs is 1. The van der Waals surface area contributed by atoms with E-state index in [0.717, 1.165) is 6.07 Å². The van der Waals surface area contributed by atoms with Crippen LogP contribution in [-0.2, 0) is 4.79 Å². The van der Waals surface area contributed by atoms with E-state index in [1.54, 1.807) is 6.07 Å². The molecule has 128 valence electrons. The van der Waals surface area contributed by atoms with Crippen molar-refractivity contribution in [2.75, 3.05) is 24.4 Å². The fourth-order valence-electron chi connectivity index (χ4n) is 2.20. The van der Waals surface area contributed by atoms with Crippen molar-refractivity contribution in [2.45, 2.75) is 0 Å². The second-order valence-corrected chi connectivity index (χ2v) is 4.98. The van der Waals surface area contributed by atoms with Gasteiger partial charge in [-0.05, 0) is 24.3 Å². The summed E-state index contributed by atoms with van der Waals surface area (Å²) in [6.07, 6.45) is 0. The standard InChI is InChI=1S/C15H12N4O6/c1-24-10-3-2-8(6-9(10)19(22)23)15(21)17-12-5-4-11-14(16-12)18-13(20)7-25-11/h2-6H,7H2,1H3,(H2,16,17,18,20,21). The smallest absolute Gasteiger partial charge is 0.311 e. The zero-order chi connectivity index (χ0) is 18.0. The van der Waals surface area contributed by atoms with Crippen molar-refractivity contribution < 1.29 is 24.0 Å². The fraction of sp³-hybridized carbons (Fsp3) is 0.133. The molecule has 0 aliphatic carbocycles. The molecule has 25 heavy (non-hydrogen) atoms. The van der Waals surface area contributed by atoms with Gasteiger partial charge in [0, 0.05) is 11.6 Å². The van der Waals surface area contributed by atoms with Gasteiger partial charge >= 0.3 is 5.69 Å². The Labute approximate surface area is 140 Å². The molecule has 1 aromatic heterocycles. The highest BCUT2D eigenvalue weighted by Gasteiger charge is 2.20. The lowest BCUT2D eigenvalue weighted by molar-refractivity contribution is -0.385. The summed E-state index contributed by atoms with van der Waals surface area (Å²) >= 11 is 0. The fourth-order valence-corrected chi connectivity index (χ4v) is 2.20. The maximum absolute atomic E-state index is 12.3. The van der Waals surface area contributed by atoms with Gasteiger partial charge in [-0.2, -0.15) is 0 Å². The molecule has 0 saturated carbocycles. The van der Waals surface area contributed by atoms with Crippen LogP contribution >= 0.6 is 0 Å². The van der Waals surface area contributed by atoms with E-state index >= 15 is 0 Å². The van der Waals surface area contributed by atoms with E-state index in [9.17, 15) is 19.7 Å². The van der Waals surface area contributed by atoms with Gasteiger partial charge in [-0.1, -0.05) is 0 Å². The minimum Gasteiger partial charge on any atom is -0.490 e. The van der Waals surface area contributed by atoms with Gasteiger partial charge in [0.2, 0.25) is 0 Å². The number of anilines is 2. The van der Waals surface area contributed by atoms with Crippen LogP contribution < -0.4 is 20.1 Å². The Kier molecular flexibility index (Phi) is 4.16. The predicted molar refractivity (Wildman–Crippen MR) is 86.0 cm³/mol. The van der Waals surface area contributed by atoms with Crippen molar-refractivity contribution >= 4 is 29.1 Å². The third-order valence-corrected chi connectivity index (χ3v) is 3.35. The maximum Gasteiger partial charge on any atom is 0.311 e. The first-order valence-corrected chi connectivity index (χ1v) is 7.05. The van der Waals surface area contributed by atoms with Gasteiger partial charge in [-0.25, -0.2) is 4.98 Å². The van der Waals surface area contributed by atoms with Crippen LogP contribution in [0.1, 0.15) is 10.4 Å². The molecule has 2 heterocycles. The molecule has 2 amide bonds. The summed E-state index contributed by atoms with van der Waals surface area (Å²) in [5.74, 6) is -0.163. The Bertz CT molecular complexity index is 882. The van der Waals surface area contributed by atoms with Crippen LogP contribution in [0, 0.1) is 10.1 Å². The number of benzene rings is 1. The van der Waals surface area contributed by atoms with Crippen molar-refractivity contribution in [2.24, 2.45) is 0 Å². The van der Waals surface area contributed by atoms with Gasteiger partial charge in [0.25, 0.3) is 11.8 Å². The number of aromatic nitrogens is 1. The minimum atomic E-state index is -0.639. The summed E-state index contributed by atoms with van der Waals surface area (Å²) in [6, 6.07) is 6.88. The number of nitro groups is 1. The summed E-state index contributed by atoms with van der Waals surface area (Å²) in [7, 11) is 1.30. The number of nitrogens with one attached hydrogen (secondary N) is 2. The van der Waals surface area contributed by atoms with E-state index in [-0.39, 0.29) is 41.2 Å². The maximum atomic E-state index is 12.3. The number of hydrogen-bond donors (Lipinski definition) is 2. The predicted octanol–water partition coefficient (Wildman–Crippen LogP) is 1.58. The number of carbonyl (C=O) groups is 2. The molecular formula is C15H12N4O6. The molecule has 10 nitrogen and oxygen atoms in total. The third kappa shape index (κ3) is 3.32. The summed E-state index contributed by atoms with van der Waals surface area (Å²) in [5.41, 5.74) is -0.262. The van der Waals surface area contributed by atoms with Crippen LogP contribution in [-0.4, -0.2) is 35.4 Å². The van der Waals surface area contributed by atoms with E-state index in [2.05, 4.69) is 15.6 Å². The molecule has 0 unspecified atom stereocenters. The molecule has 0 fully saturated rings. The molecule has 2 aromatic rings. The number of amides is 2. The highest BCUT2D eigenvalue weighted by atomic mass is 16.6. The molecule has 0 radical (unpaired) electrons. The van der Waals surface area contributed by atoms with E-state index in [0.29, 0.717) is 5.75 Å². The zero-order valence-corrected chi connectivity index (χ0v) is 12.9. The van der Waals surface area contributed by atoms with E-state index in [1.165, 1.54) is 25.3 Å². The number of carbonyl (C=O) groups excluding carboxylic acids is 2. The Hall–Kier alpha value is -3.69. The Balaban J connectivity index is 1.83. The van der Waals surface area contributed by atoms with E-state index < -0.39 is 10.8 Å². The lowest BCUT2D eigenvalue weighted by Gasteiger charge is -2.17. The monoisotopic (exact) mass is 344 g/mol. The first-order chi connectivity index (χ1) is 12.0. The highest BCUT2D eigenvalue weighted by molar-refractivity contribution is 6.04. The molecule has 1 aliphatic rings. The van der Waals surface area contributed by atoms with Gasteiger partial charge < -0.3 is 20.1 Å². The van der Waals surface area contributed by atoms with Gasteiger partial charge in [-0.3, -0.25) is 19.7 Å². The minimum absolute atomic E-state index is 0.0494. The van der Waals surface area contributed by atoms with Crippen LogP contribution in [0.4, 0.5) is 17.3 Å². The van der Waals surface area contributed by atoms with Crippen LogP contribution in [0.2, 0.25) is 0 Å². The number of hydrogen-bond acceptors (Lipinski definition) is 7. The van der Waals surface area contributed by atoms with Crippen molar-refractivity contribution in [3.05, 3.63) is 46.0 Å². The first-order valence-electron chi connectivity index (χ1n) is 7.05. The molecule has 1 aliphatic heterocycles. The Morgan fingerprint density at radius 1 is 1.40 bits per heavy atom. The average Bonchev–Trinajstić information content (AvgIpc) is 2.60. The van der Waals surface area contributed by atoms with Crippen molar-refractivity contribution in [3.63, 3.8) is 0 Å². The van der Waals surface area contributed by atoms with E-state index in [1.807, 2.05) is 0 Å². The second kappa shape index (κ2) is 6.43. The topological polar surface area (TPSA) is 133 Å². The summed E-state index contributed by atoms with van der Waals surface area (Å²) in [4.78, 5) is 38.1. The summed E-state index contributed by atoms with van der Waals surface area (Å²) < 4.78 is 10.1. The van der Waals surface area contributed by atoms with Crippen molar-refractivity contribution in [3.8, 4) is 11.5 Å². The lowest BCUT2D eigenvalue weighted by atomic mass is 10.1. The van der Waals surface area contributed by atoms with Crippen LogP contribution in [0.15, 0.2) is 30.3 Å². The number of rotatable bonds is 4. The lowest BCUT2D eigenvalue weighted by Crippen LogP contribution is -2.26. The average molecular weight is 344 g/mol. The third-order valence-electron chi connectivity index (χ3n) is 3.35. The molecule has 2 N–H and O–H groups in total. The number of ether oxygens (including phenoxy) is 2. The SMILES string of the molecule is COc1ccc(C(=O)Nc2ccc3c(n2)NC(=O)CO3)cc1[N+](=O)[O-]. The molecule has 0 spiro atoms. The number of methoxy groups -OCH3 is 1. The summed E-state index contributed by atoms with van der Waals surface area (Å²) in [5, 5.41) is 16.1. The van der Waals surface area contributed by atoms with Gasteiger partial charge in [-0.15, -0.1) is 0 Å². The summed E-state index contributed by atoms with van der Waals surface area (Å²) in [6.45, 7) is -0.101. The molecular weight excluding hydrogens is 332 g/mol. The molecule has 0 atom stereocenters. The zero-order valence-electron chi connectivity index (χ0n) is 12.9. The Morgan fingerprint density at radius 3 is 2.92 bits per heavy atom.